The van der Waals surface area contributed by atoms with Crippen LogP contribution in [-0.2, 0) is 0 Å². The predicted octanol–water partition coefficient (Wildman–Crippen LogP) is 4.09. The maximum Gasteiger partial charge on any atom is 0.126 e. The summed E-state index contributed by atoms with van der Waals surface area (Å²) < 4.78 is 14.3. The molecule has 0 aromatic heterocycles. The molecule has 0 heterocycles. The molecule has 13 heavy (non-hydrogen) atoms. The van der Waals surface area contributed by atoms with E-state index in [1.165, 1.54) is 6.07 Å². The normalized spacial score (nSPS) is 26.1. The topological polar surface area (TPSA) is 0 Å². The Morgan fingerprint density at radius 2 is 2.23 bits per heavy atom. The van der Waals surface area contributed by atoms with Gasteiger partial charge in [-0.3, -0.25) is 0 Å². The largest absolute Gasteiger partial charge is 0.207 e. The molecule has 70 valence electrons. The van der Waals surface area contributed by atoms with Crippen molar-refractivity contribution in [3.63, 3.8) is 0 Å². The molecule has 1 aliphatic rings. The van der Waals surface area contributed by atoms with Crippen molar-refractivity contribution >= 4 is 31.9 Å². The number of hydrogen-bond donors (Lipinski definition) is 0. The first-order valence-electron chi connectivity index (χ1n) is 4.23. The smallest absolute Gasteiger partial charge is 0.126 e. The van der Waals surface area contributed by atoms with Gasteiger partial charge in [0.25, 0.3) is 0 Å². The van der Waals surface area contributed by atoms with E-state index in [-0.39, 0.29) is 5.82 Å². The lowest BCUT2D eigenvalue weighted by Gasteiger charge is -2.01. The average Bonchev–Trinajstić information content (AvgIpc) is 2.88. The van der Waals surface area contributed by atoms with Crippen LogP contribution in [0.3, 0.4) is 0 Å². The lowest BCUT2D eigenvalue weighted by Crippen LogP contribution is -1.89. The first kappa shape index (κ1) is 9.66. The van der Waals surface area contributed by atoms with Gasteiger partial charge in [0.2, 0.25) is 0 Å². The van der Waals surface area contributed by atoms with Gasteiger partial charge in [0, 0.05) is 9.80 Å². The van der Waals surface area contributed by atoms with E-state index in [1.54, 1.807) is 6.07 Å². The Kier molecular flexibility index (Phi) is 2.75. The van der Waals surface area contributed by atoms with E-state index >= 15 is 0 Å². The molecule has 1 aromatic rings. The molecule has 0 aliphatic heterocycles. The summed E-state index contributed by atoms with van der Waals surface area (Å²) in [7, 11) is 0. The van der Waals surface area contributed by atoms with E-state index in [2.05, 4.69) is 31.9 Å². The van der Waals surface area contributed by atoms with Crippen LogP contribution in [-0.4, -0.2) is 5.33 Å². The number of rotatable bonds is 2. The van der Waals surface area contributed by atoms with Crippen LogP contribution in [0.15, 0.2) is 22.7 Å². The van der Waals surface area contributed by atoms with Crippen LogP contribution >= 0.6 is 31.9 Å². The van der Waals surface area contributed by atoms with Crippen molar-refractivity contribution in [2.45, 2.75) is 12.3 Å². The molecule has 0 spiro atoms. The minimum atomic E-state index is -0.0725. The second kappa shape index (κ2) is 3.70. The Morgan fingerprint density at radius 1 is 1.46 bits per heavy atom. The van der Waals surface area contributed by atoms with E-state index < -0.39 is 0 Å². The van der Waals surface area contributed by atoms with Gasteiger partial charge in [0.15, 0.2) is 0 Å². The summed E-state index contributed by atoms with van der Waals surface area (Å²) in [6.45, 7) is 0. The van der Waals surface area contributed by atoms with E-state index in [1.807, 2.05) is 6.07 Å². The zero-order chi connectivity index (χ0) is 9.42. The van der Waals surface area contributed by atoms with Crippen LogP contribution in [0.2, 0.25) is 0 Å². The molecule has 3 heteroatoms. The third-order valence-electron chi connectivity index (χ3n) is 2.48. The van der Waals surface area contributed by atoms with Crippen molar-refractivity contribution < 1.29 is 4.39 Å². The van der Waals surface area contributed by atoms with Crippen molar-refractivity contribution in [3.8, 4) is 0 Å². The Bertz CT molecular complexity index is 325. The third-order valence-corrected chi connectivity index (χ3v) is 3.80. The lowest BCUT2D eigenvalue weighted by molar-refractivity contribution is 0.607. The van der Waals surface area contributed by atoms with Gasteiger partial charge in [-0.15, -0.1) is 0 Å². The summed E-state index contributed by atoms with van der Waals surface area (Å²) in [6.07, 6.45) is 1.11. The number of halogens is 3. The van der Waals surface area contributed by atoms with Gasteiger partial charge < -0.3 is 0 Å². The highest BCUT2D eigenvalue weighted by Crippen LogP contribution is 2.49. The van der Waals surface area contributed by atoms with Crippen LogP contribution in [0.4, 0.5) is 4.39 Å². The first-order valence-corrected chi connectivity index (χ1v) is 6.14. The van der Waals surface area contributed by atoms with E-state index in [0.29, 0.717) is 11.8 Å². The number of hydrogen-bond acceptors (Lipinski definition) is 0. The fraction of sp³-hybridized carbons (Fsp3) is 0.400. The molecule has 1 saturated carbocycles. The summed E-state index contributed by atoms with van der Waals surface area (Å²) in [4.78, 5) is 0. The minimum Gasteiger partial charge on any atom is -0.207 e. The molecule has 2 rings (SSSR count). The van der Waals surface area contributed by atoms with Gasteiger partial charge in [-0.25, -0.2) is 4.39 Å². The zero-order valence-corrected chi connectivity index (χ0v) is 10.1. The molecule has 1 fully saturated rings. The van der Waals surface area contributed by atoms with Crippen LogP contribution < -0.4 is 0 Å². The molecular formula is C10H9Br2F. The predicted molar refractivity (Wildman–Crippen MR) is 58.7 cm³/mol. The highest BCUT2D eigenvalue weighted by Gasteiger charge is 2.38. The molecule has 1 aliphatic carbocycles. The molecule has 2 atom stereocenters. The zero-order valence-electron chi connectivity index (χ0n) is 6.93. The van der Waals surface area contributed by atoms with Gasteiger partial charge in [-0.1, -0.05) is 31.9 Å². The summed E-state index contributed by atoms with van der Waals surface area (Å²) in [5.74, 6) is 0.984. The van der Waals surface area contributed by atoms with Gasteiger partial charge in [0.1, 0.15) is 5.82 Å². The van der Waals surface area contributed by atoms with E-state index in [9.17, 15) is 4.39 Å². The van der Waals surface area contributed by atoms with E-state index in [4.69, 9.17) is 0 Å². The number of alkyl halides is 1. The molecule has 1 aromatic carbocycles. The van der Waals surface area contributed by atoms with Crippen LogP contribution in [0.1, 0.15) is 17.9 Å². The van der Waals surface area contributed by atoms with Gasteiger partial charge in [-0.05, 0) is 42.0 Å². The summed E-state index contributed by atoms with van der Waals surface area (Å²) in [5.41, 5.74) is 0.860. The molecule has 0 amide bonds. The Morgan fingerprint density at radius 3 is 2.85 bits per heavy atom. The monoisotopic (exact) mass is 306 g/mol. The Labute approximate surface area is 93.8 Å². The van der Waals surface area contributed by atoms with Crippen molar-refractivity contribution in [1.82, 2.24) is 0 Å². The van der Waals surface area contributed by atoms with Crippen molar-refractivity contribution in [3.05, 3.63) is 34.1 Å². The van der Waals surface area contributed by atoms with Gasteiger partial charge in [-0.2, -0.15) is 0 Å². The molecule has 0 N–H and O–H groups in total. The molecule has 0 bridgehead atoms. The van der Waals surface area contributed by atoms with Gasteiger partial charge >= 0.3 is 0 Å². The summed E-state index contributed by atoms with van der Waals surface area (Å²) >= 11 is 6.78. The van der Waals surface area contributed by atoms with Crippen LogP contribution in [0.25, 0.3) is 0 Å². The highest BCUT2D eigenvalue weighted by molar-refractivity contribution is 9.10. The second-order valence-electron chi connectivity index (χ2n) is 3.42. The Hall–Kier alpha value is 0.110. The SMILES string of the molecule is Fc1ccc(Br)cc1C1CC1CBr. The maximum atomic E-state index is 13.3. The molecule has 0 radical (unpaired) electrons. The molecule has 0 saturated heterocycles. The van der Waals surface area contributed by atoms with Gasteiger partial charge in [0.05, 0.1) is 0 Å². The summed E-state index contributed by atoms with van der Waals surface area (Å²) in [5, 5.41) is 0.976. The number of benzene rings is 1. The maximum absolute atomic E-state index is 13.3. The summed E-state index contributed by atoms with van der Waals surface area (Å²) in [6, 6.07) is 5.16. The van der Waals surface area contributed by atoms with Crippen molar-refractivity contribution in [1.29, 1.82) is 0 Å². The highest BCUT2D eigenvalue weighted by atomic mass is 79.9. The quantitative estimate of drug-likeness (QED) is 0.722. The molecular weight excluding hydrogens is 299 g/mol. The van der Waals surface area contributed by atoms with Crippen LogP contribution in [0.5, 0.6) is 0 Å². The van der Waals surface area contributed by atoms with Crippen LogP contribution in [0, 0.1) is 11.7 Å². The van der Waals surface area contributed by atoms with Crippen molar-refractivity contribution in [2.75, 3.05) is 5.33 Å². The van der Waals surface area contributed by atoms with E-state index in [0.717, 1.165) is 21.8 Å². The fourth-order valence-electron chi connectivity index (χ4n) is 1.60. The standard InChI is InChI=1S/C10H9Br2F/c11-5-6-3-8(6)9-4-7(12)1-2-10(9)13/h1-2,4,6,8H,3,5H2. The third kappa shape index (κ3) is 1.96. The van der Waals surface area contributed by atoms with Crippen molar-refractivity contribution in [2.24, 2.45) is 5.92 Å². The Balaban J connectivity index is 2.25. The fourth-order valence-corrected chi connectivity index (χ4v) is 2.69. The lowest BCUT2D eigenvalue weighted by atomic mass is 10.1. The second-order valence-corrected chi connectivity index (χ2v) is 4.99. The minimum absolute atomic E-state index is 0.0725. The molecule has 2 unspecified atom stereocenters. The molecule has 0 nitrogen and oxygen atoms in total. The first-order chi connectivity index (χ1) is 6.22. The average molecular weight is 308 g/mol.